The molecule has 18 nitrogen and oxygen atoms in total. The zero-order valence-corrected chi connectivity index (χ0v) is 41.2. The van der Waals surface area contributed by atoms with Gasteiger partial charge in [0.05, 0.1) is 0 Å². The summed E-state index contributed by atoms with van der Waals surface area (Å²) in [5.41, 5.74) is 33.9. The van der Waals surface area contributed by atoms with Gasteiger partial charge in [0.25, 0.3) is 0 Å². The molecule has 12 atom stereocenters. The summed E-state index contributed by atoms with van der Waals surface area (Å²) in [6.07, 6.45) is 2.72. The van der Waals surface area contributed by atoms with Crippen molar-refractivity contribution in [3.05, 3.63) is 55.6 Å². The first kappa shape index (κ1) is 54.0. The molecule has 0 aromatic heterocycles. The smallest absolute Gasteiger partial charge is 0.220 e. The van der Waals surface area contributed by atoms with Gasteiger partial charge >= 0.3 is 0 Å². The fourth-order valence-electron chi connectivity index (χ4n) is 12.9. The zero-order valence-electron chi connectivity index (χ0n) is 40.1. The van der Waals surface area contributed by atoms with Crippen molar-refractivity contribution < 1.29 is 50.3 Å². The van der Waals surface area contributed by atoms with Crippen LogP contribution in [0.5, 0.6) is 0 Å². The maximum Gasteiger partial charge on any atom is 0.220 e. The van der Waals surface area contributed by atoms with Gasteiger partial charge in [0.15, 0.2) is 0 Å². The van der Waals surface area contributed by atoms with Crippen molar-refractivity contribution in [1.29, 1.82) is 0 Å². The Hall–Kier alpha value is -4.62. The molecule has 5 aliphatic rings. The number of hydrogen-bond acceptors (Lipinski definition) is 7. The number of amides is 7. The predicted molar refractivity (Wildman–Crippen MR) is 247 cm³/mol. The quantitative estimate of drug-likeness (QED) is 0.0994. The molecule has 4 saturated heterocycles. The molecule has 2 unspecified atom stereocenters. The maximum absolute atomic E-state index is 13.5. The minimum absolute atomic E-state index is 0. The van der Waals surface area contributed by atoms with E-state index in [-0.39, 0.29) is 92.8 Å². The molecule has 5 aliphatic heterocycles. The Bertz CT molecular complexity index is 2070. The molecule has 0 spiro atoms. The van der Waals surface area contributed by atoms with Crippen molar-refractivity contribution in [1.82, 2.24) is 5.32 Å². The van der Waals surface area contributed by atoms with E-state index < -0.39 is 105 Å². The molecule has 8 bridgehead atoms. The molecule has 7 amide bonds. The number of nitrogens with two attached hydrogens (primary N) is 6. The van der Waals surface area contributed by atoms with Crippen LogP contribution in [-0.2, 0) is 50.3 Å². The Morgan fingerprint density at radius 1 is 0.606 bits per heavy atom. The minimum Gasteiger partial charge on any atom is -0.685 e. The van der Waals surface area contributed by atoms with Crippen LogP contribution in [-0.4, -0.2) is 77.6 Å². The number of fused-ring (bicyclic) bond motifs is 9. The fourth-order valence-corrected chi connectivity index (χ4v) is 12.9. The van der Waals surface area contributed by atoms with Gasteiger partial charge in [0.2, 0.25) is 41.4 Å². The molecule has 5 rings (SSSR count). The first-order chi connectivity index (χ1) is 30.1. The van der Waals surface area contributed by atoms with E-state index in [1.807, 2.05) is 54.5 Å². The molecule has 0 aromatic carbocycles. The van der Waals surface area contributed by atoms with E-state index in [1.165, 1.54) is 0 Å². The van der Waals surface area contributed by atoms with Gasteiger partial charge in [-0.2, -0.15) is 17.1 Å². The Kier molecular flexibility index (Phi) is 16.3. The maximum atomic E-state index is 13.5. The molecule has 19 heteroatoms. The molecule has 371 valence electrons. The van der Waals surface area contributed by atoms with Crippen molar-refractivity contribution in [3.8, 4) is 0 Å². The minimum atomic E-state index is -1.31. The third-order valence-electron chi connectivity index (χ3n) is 16.5. The average molecular weight is 963 g/mol. The first-order valence-corrected chi connectivity index (χ1v) is 23.0. The van der Waals surface area contributed by atoms with E-state index in [2.05, 4.69) is 19.2 Å². The molecule has 0 aliphatic carbocycles. The summed E-state index contributed by atoms with van der Waals surface area (Å²) < 4.78 is 0. The van der Waals surface area contributed by atoms with Crippen LogP contribution in [0.4, 0.5) is 0 Å². The first-order valence-electron chi connectivity index (χ1n) is 23.0. The number of carbonyl (C=O) groups is 7. The second-order valence-electron chi connectivity index (χ2n) is 20.9. The van der Waals surface area contributed by atoms with Crippen LogP contribution >= 0.6 is 0 Å². The van der Waals surface area contributed by atoms with E-state index in [4.69, 9.17) is 55.7 Å². The topological polar surface area (TPSA) is 344 Å². The SMILES string of the molecule is CCNC(=O)CC[C@@]1(C)/C2=C(\C)[C@H]3[N-]/C(=C\C4[N-]/C(=C(/C)C5[N-][C@@](C)([C@H]([N-]2)[C@@H]1CC(N)=O)[C@@](C)(CC(N)=O)[C@@H]5CCC(N)=O)[C@@](C)(CC(N)=O)[C@@H]4CCC(N)=O)C(C)(C)[C@@H]3CCC(N)=O.[Co]. The monoisotopic (exact) mass is 963 g/mol. The summed E-state index contributed by atoms with van der Waals surface area (Å²) in [5.74, 6) is -5.55. The van der Waals surface area contributed by atoms with E-state index in [0.717, 1.165) is 5.57 Å². The van der Waals surface area contributed by atoms with Crippen molar-refractivity contribution >= 4 is 41.4 Å². The summed E-state index contributed by atoms with van der Waals surface area (Å²) in [6, 6.07) is -2.79. The number of carbonyl (C=O) groups excluding carboxylic acids is 7. The van der Waals surface area contributed by atoms with Crippen molar-refractivity contribution in [2.45, 2.75) is 163 Å². The Morgan fingerprint density at radius 3 is 1.64 bits per heavy atom. The summed E-state index contributed by atoms with van der Waals surface area (Å²) in [7, 11) is 0. The van der Waals surface area contributed by atoms with Gasteiger partial charge in [0.1, 0.15) is 0 Å². The number of allylic oxidation sites excluding steroid dienone is 3. The third-order valence-corrected chi connectivity index (χ3v) is 16.5. The zero-order chi connectivity index (χ0) is 48.8. The molecular formula is C47H73CoN11O7-4. The summed E-state index contributed by atoms with van der Waals surface area (Å²) >= 11 is 0. The Labute approximate surface area is 400 Å². The Balaban J connectivity index is 0.00000952. The van der Waals surface area contributed by atoms with Gasteiger partial charge in [-0.25, -0.2) is 0 Å². The number of nitrogens with zero attached hydrogens (tertiary/aromatic N) is 4. The van der Waals surface area contributed by atoms with Crippen LogP contribution in [0.1, 0.15) is 133 Å². The van der Waals surface area contributed by atoms with Gasteiger partial charge in [0, 0.05) is 68.3 Å². The molecule has 0 saturated carbocycles. The number of nitrogens with one attached hydrogen (secondary N) is 1. The number of hydrogen-bond donors (Lipinski definition) is 7. The standard InChI is InChI=1S/C47H73N11O7.Co/c1-10-54-37(65)17-18-44(6)28(19-34(51)62)42-47(9)46(8,22-36(53)64)27(13-16-33(50)61)39(58-47)24(3)41-45(7,21-35(52)63)25(11-14-31(48)59)29(55-41)20-30-43(4,5)26(12-15-32(49)60)38(56-30)23(2)40(44)57-42;/h20,25-29,38-39,42H,10-19,21-22H2,1-9H3,(H2,48,59)(H2,49,60)(H2,50,61)(H2,51,62)(H2,52,63)(H2,53,64)(H,54,65);/q-4;/b30-20-,40-23-,41-24-;/t25-,26-,27-,28+,29?,38-,39?,42-,44-,45+,46+,47+;/m1./s1. The van der Waals surface area contributed by atoms with Gasteiger partial charge in [-0.3, -0.25) is 33.6 Å². The fraction of sp³-hybridized carbons (Fsp3) is 0.723. The van der Waals surface area contributed by atoms with Crippen LogP contribution < -0.4 is 39.7 Å². The van der Waals surface area contributed by atoms with Crippen LogP contribution in [0.25, 0.3) is 21.3 Å². The molecule has 13 N–H and O–H groups in total. The number of primary amides is 6. The molecule has 66 heavy (non-hydrogen) atoms. The second kappa shape index (κ2) is 19.9. The summed E-state index contributed by atoms with van der Waals surface area (Å²) in [6.45, 7) is 18.0. The van der Waals surface area contributed by atoms with E-state index in [0.29, 0.717) is 35.6 Å². The van der Waals surface area contributed by atoms with E-state index in [9.17, 15) is 33.6 Å². The van der Waals surface area contributed by atoms with Crippen LogP contribution in [0, 0.1) is 45.3 Å². The summed E-state index contributed by atoms with van der Waals surface area (Å²) in [4.78, 5) is 91.0. The molecule has 4 fully saturated rings. The van der Waals surface area contributed by atoms with Gasteiger partial charge in [-0.05, 0) is 91.8 Å². The average Bonchev–Trinajstić information content (AvgIpc) is 3.78. The van der Waals surface area contributed by atoms with Crippen molar-refractivity contribution in [3.63, 3.8) is 0 Å². The Morgan fingerprint density at radius 2 is 1.12 bits per heavy atom. The van der Waals surface area contributed by atoms with Crippen LogP contribution in [0.15, 0.2) is 34.3 Å². The number of rotatable bonds is 19. The normalized spacial score (nSPS) is 38.2. The predicted octanol–water partition coefficient (Wildman–Crippen LogP) is 4.06. The second-order valence-corrected chi connectivity index (χ2v) is 20.9. The summed E-state index contributed by atoms with van der Waals surface area (Å²) in [5, 5.41) is 25.2. The molecule has 5 heterocycles. The molecule has 0 aromatic rings. The van der Waals surface area contributed by atoms with Crippen LogP contribution in [0.2, 0.25) is 0 Å². The van der Waals surface area contributed by atoms with Crippen molar-refractivity contribution in [2.75, 3.05) is 6.54 Å². The van der Waals surface area contributed by atoms with Gasteiger partial charge < -0.3 is 61.0 Å². The van der Waals surface area contributed by atoms with Gasteiger partial charge in [-0.1, -0.05) is 53.6 Å². The largest absolute Gasteiger partial charge is 0.685 e. The molecule has 1 radical (unpaired) electrons. The van der Waals surface area contributed by atoms with Gasteiger partial charge in [-0.15, -0.1) is 34.8 Å². The third kappa shape index (κ3) is 9.84. The molecular weight excluding hydrogens is 890 g/mol. The van der Waals surface area contributed by atoms with Crippen LogP contribution in [0.3, 0.4) is 0 Å². The van der Waals surface area contributed by atoms with E-state index in [1.54, 1.807) is 0 Å². The van der Waals surface area contributed by atoms with E-state index >= 15 is 0 Å². The van der Waals surface area contributed by atoms with Crippen molar-refractivity contribution in [2.24, 2.45) is 79.7 Å².